The van der Waals surface area contributed by atoms with Crippen molar-refractivity contribution in [3.8, 4) is 5.75 Å². The van der Waals surface area contributed by atoms with E-state index in [9.17, 15) is 4.79 Å². The highest BCUT2D eigenvalue weighted by atomic mass is 16.5. The number of fused-ring (bicyclic) bond motifs is 1. The van der Waals surface area contributed by atoms with Crippen LogP contribution in [-0.4, -0.2) is 39.4 Å². The fourth-order valence-corrected chi connectivity index (χ4v) is 6.55. The van der Waals surface area contributed by atoms with E-state index in [2.05, 4.69) is 50.2 Å². The highest BCUT2D eigenvalue weighted by molar-refractivity contribution is 5.81. The standard InChI is InChI=1S/C32H41N3O5/c1-21-14-29(36)40-28-15-25(7-8-26(21)28)37-20-24-18-35(34-33-24)12-10-30(2,3)38-13-11-31(4,5)39-19-22-16-32-17-23(32)6-9-27(22)32/h6-9,14-15,18,22-23,27H,10-13,16-17,19-20H2,1-5H3. The zero-order valence-electron chi connectivity index (χ0n) is 24.3. The van der Waals surface area contributed by atoms with Crippen LogP contribution in [0.25, 0.3) is 11.0 Å². The number of nitrogens with zero attached hydrogens (tertiary/aromatic N) is 3. The van der Waals surface area contributed by atoms with Crippen LogP contribution in [0.1, 0.15) is 64.6 Å². The Labute approximate surface area is 235 Å². The Morgan fingerprint density at radius 3 is 2.70 bits per heavy atom. The van der Waals surface area contributed by atoms with Gasteiger partial charge in [-0.25, -0.2) is 4.79 Å². The lowest BCUT2D eigenvalue weighted by Crippen LogP contribution is -2.41. The Kier molecular flexibility index (Phi) is 6.90. The first-order chi connectivity index (χ1) is 19.0. The van der Waals surface area contributed by atoms with Crippen LogP contribution in [0.5, 0.6) is 5.75 Å². The molecule has 2 saturated carbocycles. The minimum Gasteiger partial charge on any atom is -0.487 e. The summed E-state index contributed by atoms with van der Waals surface area (Å²) >= 11 is 0. The Bertz CT molecular complexity index is 1470. The van der Waals surface area contributed by atoms with Gasteiger partial charge in [0.15, 0.2) is 0 Å². The predicted octanol–water partition coefficient (Wildman–Crippen LogP) is 5.85. The summed E-state index contributed by atoms with van der Waals surface area (Å²) in [6.45, 7) is 13.0. The molecule has 214 valence electrons. The third-order valence-corrected chi connectivity index (χ3v) is 9.27. The molecule has 3 aromatic rings. The SMILES string of the molecule is Cc1cc(=O)oc2cc(OCc3cn(CCC(C)(C)OCCC(C)(C)OCC4CC56CC5C=CC46)nn3)ccc12. The number of hydrogen-bond acceptors (Lipinski definition) is 7. The average molecular weight is 548 g/mol. The summed E-state index contributed by atoms with van der Waals surface area (Å²) in [5.41, 5.74) is 1.92. The van der Waals surface area contributed by atoms with E-state index in [1.807, 2.05) is 29.9 Å². The van der Waals surface area contributed by atoms with E-state index in [0.717, 1.165) is 47.9 Å². The van der Waals surface area contributed by atoms with Crippen molar-refractivity contribution >= 4 is 11.0 Å². The van der Waals surface area contributed by atoms with E-state index in [4.69, 9.17) is 18.6 Å². The fourth-order valence-electron chi connectivity index (χ4n) is 6.55. The summed E-state index contributed by atoms with van der Waals surface area (Å²) in [5.74, 6) is 2.94. The molecule has 40 heavy (non-hydrogen) atoms. The maximum atomic E-state index is 11.7. The van der Waals surface area contributed by atoms with Gasteiger partial charge in [-0.2, -0.15) is 0 Å². The Balaban J connectivity index is 0.914. The van der Waals surface area contributed by atoms with Gasteiger partial charge in [0.2, 0.25) is 0 Å². The first kappa shape index (κ1) is 27.2. The van der Waals surface area contributed by atoms with Crippen molar-refractivity contribution in [3.05, 3.63) is 64.3 Å². The summed E-state index contributed by atoms with van der Waals surface area (Å²) in [6.07, 6.45) is 11.2. The molecule has 8 nitrogen and oxygen atoms in total. The van der Waals surface area contributed by atoms with Gasteiger partial charge in [-0.1, -0.05) is 17.4 Å². The smallest absolute Gasteiger partial charge is 0.336 e. The molecule has 0 bridgehead atoms. The number of benzene rings is 1. The molecule has 2 fully saturated rings. The zero-order chi connectivity index (χ0) is 28.1. The molecule has 3 aliphatic carbocycles. The molecular formula is C32H41N3O5. The Morgan fingerprint density at radius 1 is 1.07 bits per heavy atom. The van der Waals surface area contributed by atoms with Crippen molar-refractivity contribution in [2.75, 3.05) is 13.2 Å². The van der Waals surface area contributed by atoms with Gasteiger partial charge in [-0.3, -0.25) is 4.68 Å². The number of hydrogen-bond donors (Lipinski definition) is 0. The molecule has 2 heterocycles. The highest BCUT2D eigenvalue weighted by Gasteiger charge is 2.68. The Hall–Kier alpha value is -2.97. The topological polar surface area (TPSA) is 88.6 Å². The largest absolute Gasteiger partial charge is 0.487 e. The second-order valence-electron chi connectivity index (χ2n) is 13.3. The molecule has 0 N–H and O–H groups in total. The molecule has 0 saturated heterocycles. The molecule has 3 aliphatic rings. The maximum Gasteiger partial charge on any atom is 0.336 e. The average Bonchev–Trinajstić information content (AvgIpc) is 3.30. The van der Waals surface area contributed by atoms with Gasteiger partial charge < -0.3 is 18.6 Å². The van der Waals surface area contributed by atoms with Gasteiger partial charge in [0.05, 0.1) is 30.6 Å². The summed E-state index contributed by atoms with van der Waals surface area (Å²) in [6, 6.07) is 6.98. The highest BCUT2D eigenvalue weighted by Crippen LogP contribution is 2.75. The van der Waals surface area contributed by atoms with Crippen LogP contribution in [0.15, 0.2) is 51.8 Å². The predicted molar refractivity (Wildman–Crippen MR) is 152 cm³/mol. The van der Waals surface area contributed by atoms with Crippen molar-refractivity contribution in [2.45, 2.75) is 84.7 Å². The molecule has 0 amide bonds. The van der Waals surface area contributed by atoms with Crippen LogP contribution in [0.4, 0.5) is 0 Å². The van der Waals surface area contributed by atoms with Crippen LogP contribution >= 0.6 is 0 Å². The molecule has 1 aromatic carbocycles. The zero-order valence-corrected chi connectivity index (χ0v) is 24.3. The molecule has 8 heteroatoms. The van der Waals surface area contributed by atoms with Gasteiger partial charge in [0.1, 0.15) is 23.6 Å². The Morgan fingerprint density at radius 2 is 1.90 bits per heavy atom. The van der Waals surface area contributed by atoms with E-state index in [-0.39, 0.29) is 23.4 Å². The van der Waals surface area contributed by atoms with Gasteiger partial charge in [-0.05, 0) is 101 Å². The van der Waals surface area contributed by atoms with E-state index < -0.39 is 0 Å². The molecule has 0 aliphatic heterocycles. The second kappa shape index (κ2) is 10.1. The molecule has 2 aromatic heterocycles. The molecule has 6 rings (SSSR count). The lowest BCUT2D eigenvalue weighted by atomic mass is 9.63. The third-order valence-electron chi connectivity index (χ3n) is 9.27. The van der Waals surface area contributed by atoms with E-state index >= 15 is 0 Å². The lowest BCUT2D eigenvalue weighted by molar-refractivity contribution is -0.103. The number of allylic oxidation sites excluding steroid dienone is 2. The van der Waals surface area contributed by atoms with Crippen LogP contribution in [0.2, 0.25) is 0 Å². The maximum absolute atomic E-state index is 11.7. The molecule has 4 atom stereocenters. The number of ether oxygens (including phenoxy) is 3. The van der Waals surface area contributed by atoms with Crippen LogP contribution < -0.4 is 10.4 Å². The second-order valence-corrected chi connectivity index (χ2v) is 13.3. The summed E-state index contributed by atoms with van der Waals surface area (Å²) in [5, 5.41) is 9.39. The summed E-state index contributed by atoms with van der Waals surface area (Å²) < 4.78 is 25.7. The first-order valence-electron chi connectivity index (χ1n) is 14.5. The quantitative estimate of drug-likeness (QED) is 0.196. The number of aryl methyl sites for hydroxylation is 2. The normalized spacial score (nSPS) is 25.1. The van der Waals surface area contributed by atoms with Crippen molar-refractivity contribution in [3.63, 3.8) is 0 Å². The van der Waals surface area contributed by atoms with E-state index in [1.54, 1.807) is 6.07 Å². The van der Waals surface area contributed by atoms with Crippen LogP contribution in [-0.2, 0) is 22.6 Å². The molecule has 1 spiro atoms. The lowest BCUT2D eigenvalue weighted by Gasteiger charge is -2.44. The molecular weight excluding hydrogens is 506 g/mol. The van der Waals surface area contributed by atoms with Gasteiger partial charge in [0.25, 0.3) is 0 Å². The van der Waals surface area contributed by atoms with Crippen molar-refractivity contribution < 1.29 is 18.6 Å². The monoisotopic (exact) mass is 547 g/mol. The van der Waals surface area contributed by atoms with Crippen LogP contribution in [0.3, 0.4) is 0 Å². The van der Waals surface area contributed by atoms with E-state index in [0.29, 0.717) is 35.8 Å². The van der Waals surface area contributed by atoms with E-state index in [1.165, 1.54) is 18.9 Å². The summed E-state index contributed by atoms with van der Waals surface area (Å²) in [7, 11) is 0. The van der Waals surface area contributed by atoms with Crippen molar-refractivity contribution in [2.24, 2.45) is 23.2 Å². The molecule has 4 unspecified atom stereocenters. The number of rotatable bonds is 13. The fraction of sp³-hybridized carbons (Fsp3) is 0.594. The van der Waals surface area contributed by atoms with Gasteiger partial charge >= 0.3 is 5.63 Å². The summed E-state index contributed by atoms with van der Waals surface area (Å²) in [4.78, 5) is 11.7. The van der Waals surface area contributed by atoms with Crippen molar-refractivity contribution in [1.29, 1.82) is 0 Å². The number of aromatic nitrogens is 3. The van der Waals surface area contributed by atoms with Gasteiger partial charge in [0, 0.05) is 24.1 Å². The molecule has 0 radical (unpaired) electrons. The van der Waals surface area contributed by atoms with Gasteiger partial charge in [-0.15, -0.1) is 5.10 Å². The first-order valence-corrected chi connectivity index (χ1v) is 14.5. The van der Waals surface area contributed by atoms with Crippen molar-refractivity contribution in [1.82, 2.24) is 15.0 Å². The minimum atomic E-state index is -0.367. The minimum absolute atomic E-state index is 0.194. The third kappa shape index (κ3) is 5.61. The van der Waals surface area contributed by atoms with Crippen LogP contribution in [0, 0.1) is 30.1 Å².